The predicted octanol–water partition coefficient (Wildman–Crippen LogP) is 2.50. The van der Waals surface area contributed by atoms with Gasteiger partial charge in [-0.25, -0.2) is 0 Å². The van der Waals surface area contributed by atoms with Crippen LogP contribution in [0.3, 0.4) is 0 Å². The van der Waals surface area contributed by atoms with Gasteiger partial charge in [-0.05, 0) is 49.8 Å². The Balaban J connectivity index is 2.48. The molecule has 2 rings (SSSR count). The summed E-state index contributed by atoms with van der Waals surface area (Å²) in [6, 6.07) is 3.47. The van der Waals surface area contributed by atoms with Gasteiger partial charge in [-0.3, -0.25) is 19.8 Å². The molecular weight excluding hydrogens is 396 g/mol. The first kappa shape index (κ1) is 18.4. The second kappa shape index (κ2) is 7.76. The molecule has 0 saturated carbocycles. The number of halogens is 1. The van der Waals surface area contributed by atoms with Crippen molar-refractivity contribution in [2.75, 3.05) is 20.3 Å². The van der Waals surface area contributed by atoms with Crippen molar-refractivity contribution in [3.05, 3.63) is 27.7 Å². The van der Waals surface area contributed by atoms with Crippen LogP contribution in [0.25, 0.3) is 6.08 Å². The first-order valence-electron chi connectivity index (χ1n) is 7.33. The summed E-state index contributed by atoms with van der Waals surface area (Å²) in [5.74, 6) is 0.150. The molecule has 1 aliphatic heterocycles. The molecule has 1 heterocycles. The lowest BCUT2D eigenvalue weighted by Crippen LogP contribution is -2.52. The van der Waals surface area contributed by atoms with E-state index in [2.05, 4.69) is 21.2 Å². The number of hydrogen-bond acceptors (Lipinski definition) is 5. The average Bonchev–Trinajstić information content (AvgIpc) is 2.53. The fourth-order valence-electron chi connectivity index (χ4n) is 2.10. The molecule has 0 atom stereocenters. The van der Waals surface area contributed by atoms with Crippen LogP contribution in [0.5, 0.6) is 11.5 Å². The van der Waals surface area contributed by atoms with Crippen LogP contribution in [0.4, 0.5) is 0 Å². The van der Waals surface area contributed by atoms with E-state index in [9.17, 15) is 9.59 Å². The minimum Gasteiger partial charge on any atom is -0.490 e. The van der Waals surface area contributed by atoms with E-state index >= 15 is 0 Å². The molecule has 0 aliphatic carbocycles. The van der Waals surface area contributed by atoms with Crippen LogP contribution in [0.2, 0.25) is 0 Å². The summed E-state index contributed by atoms with van der Waals surface area (Å²) in [6.07, 6.45) is 1.50. The number of hydrogen-bond donors (Lipinski definition) is 1. The Morgan fingerprint density at radius 1 is 1.21 bits per heavy atom. The molecule has 1 aliphatic rings. The number of nitrogens with one attached hydrogen (secondary N) is 1. The number of ether oxygens (including phenoxy) is 2. The van der Waals surface area contributed by atoms with Gasteiger partial charge in [0.1, 0.15) is 5.57 Å². The van der Waals surface area contributed by atoms with Crippen molar-refractivity contribution in [3.8, 4) is 11.5 Å². The molecule has 2 amide bonds. The number of carbonyl (C=O) groups excluding carboxylic acids is 2. The standard InChI is InChI=1S/C16H17BrN2O4S/c1-4-22-12-7-9(11(17)8-13(12)23-5-2)6-10-14(20)18-16(24)19(3)15(10)21/h6-8H,4-5H2,1-3H3,(H,18,20,24). The van der Waals surface area contributed by atoms with Gasteiger partial charge in [-0.2, -0.15) is 0 Å². The first-order valence-corrected chi connectivity index (χ1v) is 8.53. The number of benzene rings is 1. The largest absolute Gasteiger partial charge is 0.490 e. The van der Waals surface area contributed by atoms with Crippen molar-refractivity contribution in [2.45, 2.75) is 13.8 Å². The van der Waals surface area contributed by atoms with Gasteiger partial charge in [-0.1, -0.05) is 15.9 Å². The van der Waals surface area contributed by atoms with E-state index in [1.807, 2.05) is 13.8 Å². The lowest BCUT2D eigenvalue weighted by Gasteiger charge is -2.25. The summed E-state index contributed by atoms with van der Waals surface area (Å²) in [5, 5.41) is 2.56. The highest BCUT2D eigenvalue weighted by atomic mass is 79.9. The molecule has 1 aromatic carbocycles. The maximum atomic E-state index is 12.3. The first-order chi connectivity index (χ1) is 11.4. The van der Waals surface area contributed by atoms with Crippen molar-refractivity contribution >= 4 is 51.2 Å². The Kier molecular flexibility index (Phi) is 5.95. The van der Waals surface area contributed by atoms with Crippen LogP contribution in [0.15, 0.2) is 22.2 Å². The highest BCUT2D eigenvalue weighted by Crippen LogP contribution is 2.35. The van der Waals surface area contributed by atoms with Gasteiger partial charge in [0.25, 0.3) is 11.8 Å². The van der Waals surface area contributed by atoms with Gasteiger partial charge in [0.05, 0.1) is 13.2 Å². The summed E-state index contributed by atoms with van der Waals surface area (Å²) in [5.41, 5.74) is 0.625. The molecule has 0 unspecified atom stereocenters. The SMILES string of the molecule is CCOc1cc(Br)c(C=C2C(=O)NC(=S)N(C)C2=O)cc1OCC. The molecule has 0 aromatic heterocycles. The van der Waals surface area contributed by atoms with Gasteiger partial charge in [0.2, 0.25) is 0 Å². The topological polar surface area (TPSA) is 67.9 Å². The highest BCUT2D eigenvalue weighted by Gasteiger charge is 2.31. The van der Waals surface area contributed by atoms with Crippen molar-refractivity contribution < 1.29 is 19.1 Å². The van der Waals surface area contributed by atoms with Crippen molar-refractivity contribution in [1.29, 1.82) is 0 Å². The molecule has 6 nitrogen and oxygen atoms in total. The number of rotatable bonds is 5. The monoisotopic (exact) mass is 412 g/mol. The highest BCUT2D eigenvalue weighted by molar-refractivity contribution is 9.10. The molecule has 1 N–H and O–H groups in total. The van der Waals surface area contributed by atoms with Gasteiger partial charge in [-0.15, -0.1) is 0 Å². The number of carbonyl (C=O) groups is 2. The molecule has 1 fully saturated rings. The second-order valence-electron chi connectivity index (χ2n) is 4.87. The molecule has 0 bridgehead atoms. The van der Waals surface area contributed by atoms with Crippen molar-refractivity contribution in [3.63, 3.8) is 0 Å². The van der Waals surface area contributed by atoms with Crippen LogP contribution < -0.4 is 14.8 Å². The minimum atomic E-state index is -0.526. The normalized spacial score (nSPS) is 16.4. The summed E-state index contributed by atoms with van der Waals surface area (Å²) < 4.78 is 11.8. The van der Waals surface area contributed by atoms with Gasteiger partial charge >= 0.3 is 0 Å². The van der Waals surface area contributed by atoms with Gasteiger partial charge in [0, 0.05) is 11.5 Å². The summed E-state index contributed by atoms with van der Waals surface area (Å²) in [7, 11) is 1.51. The maximum Gasteiger partial charge on any atom is 0.265 e. The Morgan fingerprint density at radius 2 is 1.79 bits per heavy atom. The number of amides is 2. The minimum absolute atomic E-state index is 0.00147. The van der Waals surface area contributed by atoms with E-state index in [4.69, 9.17) is 21.7 Å². The average molecular weight is 413 g/mol. The zero-order valence-electron chi connectivity index (χ0n) is 13.5. The summed E-state index contributed by atoms with van der Waals surface area (Å²) in [6.45, 7) is 4.71. The zero-order chi connectivity index (χ0) is 17.9. The van der Waals surface area contributed by atoms with Gasteiger partial charge in [0.15, 0.2) is 16.6 Å². The van der Waals surface area contributed by atoms with Crippen LogP contribution >= 0.6 is 28.1 Å². The second-order valence-corrected chi connectivity index (χ2v) is 6.11. The van der Waals surface area contributed by atoms with Crippen LogP contribution in [-0.4, -0.2) is 42.1 Å². The van der Waals surface area contributed by atoms with Crippen LogP contribution in [0, 0.1) is 0 Å². The van der Waals surface area contributed by atoms with Crippen molar-refractivity contribution in [2.24, 2.45) is 0 Å². The van der Waals surface area contributed by atoms with E-state index in [1.165, 1.54) is 18.0 Å². The molecule has 8 heteroatoms. The van der Waals surface area contributed by atoms with Crippen LogP contribution in [-0.2, 0) is 9.59 Å². The van der Waals surface area contributed by atoms with E-state index in [0.29, 0.717) is 34.7 Å². The number of likely N-dealkylation sites (N-methyl/N-ethyl adjacent to an activating group) is 1. The number of nitrogens with zero attached hydrogens (tertiary/aromatic N) is 1. The Labute approximate surface area is 153 Å². The smallest absolute Gasteiger partial charge is 0.265 e. The molecular formula is C16H17BrN2O4S. The fourth-order valence-corrected chi connectivity index (χ4v) is 2.71. The summed E-state index contributed by atoms with van der Waals surface area (Å²) in [4.78, 5) is 25.6. The lowest BCUT2D eigenvalue weighted by atomic mass is 10.1. The molecule has 1 aromatic rings. The molecule has 0 spiro atoms. The predicted molar refractivity (Wildman–Crippen MR) is 98.0 cm³/mol. The fraction of sp³-hybridized carbons (Fsp3) is 0.312. The van der Waals surface area contributed by atoms with Gasteiger partial charge < -0.3 is 9.47 Å². The van der Waals surface area contributed by atoms with Crippen LogP contribution in [0.1, 0.15) is 19.4 Å². The quantitative estimate of drug-likeness (QED) is 0.457. The Hall–Kier alpha value is -1.93. The summed E-state index contributed by atoms with van der Waals surface area (Å²) >= 11 is 8.36. The van der Waals surface area contributed by atoms with E-state index < -0.39 is 11.8 Å². The zero-order valence-corrected chi connectivity index (χ0v) is 15.9. The van der Waals surface area contributed by atoms with E-state index in [-0.39, 0.29) is 10.7 Å². The molecule has 128 valence electrons. The third-order valence-corrected chi connectivity index (χ3v) is 4.33. The number of thiocarbonyl (C=S) groups is 1. The third-order valence-electron chi connectivity index (χ3n) is 3.27. The third kappa shape index (κ3) is 3.76. The van der Waals surface area contributed by atoms with E-state index in [1.54, 1.807) is 12.1 Å². The Bertz CT molecular complexity index is 733. The molecule has 24 heavy (non-hydrogen) atoms. The van der Waals surface area contributed by atoms with Crippen molar-refractivity contribution in [1.82, 2.24) is 10.2 Å². The molecule has 1 saturated heterocycles. The van der Waals surface area contributed by atoms with E-state index in [0.717, 1.165) is 0 Å². The maximum absolute atomic E-state index is 12.3. The lowest BCUT2D eigenvalue weighted by molar-refractivity contribution is -0.128. The molecule has 0 radical (unpaired) electrons. The Morgan fingerprint density at radius 3 is 2.38 bits per heavy atom.